The van der Waals surface area contributed by atoms with Gasteiger partial charge in [-0.2, -0.15) is 0 Å². The molecule has 104 valence electrons. The standard InChI is InChI=1S/C17H20N2O/c1-12(13-5-8-15(20-2)9-6-13)19-16-10-7-14-4-3-11-18-17(14)16/h3-6,8-9,11-12,16,19H,7,10H2,1-2H3/t12-,16?/m1/s1. The summed E-state index contributed by atoms with van der Waals surface area (Å²) in [4.78, 5) is 4.53. The molecule has 20 heavy (non-hydrogen) atoms. The third kappa shape index (κ3) is 2.54. The van der Waals surface area contributed by atoms with E-state index in [2.05, 4.69) is 35.4 Å². The molecular weight excluding hydrogens is 248 g/mol. The van der Waals surface area contributed by atoms with Crippen LogP contribution in [0.1, 0.15) is 42.2 Å². The normalized spacial score (nSPS) is 18.6. The quantitative estimate of drug-likeness (QED) is 0.922. The van der Waals surface area contributed by atoms with E-state index in [-0.39, 0.29) is 0 Å². The lowest BCUT2D eigenvalue weighted by Crippen LogP contribution is -2.23. The molecule has 1 aliphatic rings. The predicted octanol–water partition coefficient (Wildman–Crippen LogP) is 3.43. The van der Waals surface area contributed by atoms with Gasteiger partial charge in [0.05, 0.1) is 18.8 Å². The number of hydrogen-bond acceptors (Lipinski definition) is 3. The second-order valence-corrected chi connectivity index (χ2v) is 5.30. The van der Waals surface area contributed by atoms with Crippen LogP contribution in [0, 0.1) is 0 Å². The maximum absolute atomic E-state index is 5.20. The van der Waals surface area contributed by atoms with Crippen LogP contribution in [0.4, 0.5) is 0 Å². The van der Waals surface area contributed by atoms with Crippen molar-refractivity contribution in [3.8, 4) is 5.75 Å². The van der Waals surface area contributed by atoms with Crippen LogP contribution in [-0.4, -0.2) is 12.1 Å². The van der Waals surface area contributed by atoms with Crippen LogP contribution in [0.5, 0.6) is 5.75 Å². The van der Waals surface area contributed by atoms with Crippen molar-refractivity contribution >= 4 is 0 Å². The summed E-state index contributed by atoms with van der Waals surface area (Å²) in [5, 5.41) is 3.69. The van der Waals surface area contributed by atoms with E-state index in [0.29, 0.717) is 12.1 Å². The molecule has 0 aliphatic heterocycles. The second kappa shape index (κ2) is 5.63. The van der Waals surface area contributed by atoms with E-state index in [1.54, 1.807) is 7.11 Å². The van der Waals surface area contributed by atoms with Crippen molar-refractivity contribution in [2.75, 3.05) is 7.11 Å². The molecule has 0 amide bonds. The van der Waals surface area contributed by atoms with Gasteiger partial charge in [0, 0.05) is 12.2 Å². The van der Waals surface area contributed by atoms with Crippen LogP contribution in [0.2, 0.25) is 0 Å². The van der Waals surface area contributed by atoms with Crippen molar-refractivity contribution in [1.29, 1.82) is 0 Å². The zero-order valence-corrected chi connectivity index (χ0v) is 12.0. The topological polar surface area (TPSA) is 34.1 Å². The highest BCUT2D eigenvalue weighted by atomic mass is 16.5. The number of nitrogens with one attached hydrogen (secondary N) is 1. The van der Waals surface area contributed by atoms with Gasteiger partial charge >= 0.3 is 0 Å². The van der Waals surface area contributed by atoms with Gasteiger partial charge in [-0.25, -0.2) is 0 Å². The molecular formula is C17H20N2O. The van der Waals surface area contributed by atoms with E-state index in [1.807, 2.05) is 24.4 Å². The van der Waals surface area contributed by atoms with Crippen molar-refractivity contribution in [3.05, 3.63) is 59.4 Å². The molecule has 1 aromatic heterocycles. The molecule has 0 bridgehead atoms. The number of benzene rings is 1. The van der Waals surface area contributed by atoms with Gasteiger partial charge in [0.2, 0.25) is 0 Å². The molecule has 0 spiro atoms. The predicted molar refractivity (Wildman–Crippen MR) is 79.8 cm³/mol. The molecule has 3 heteroatoms. The number of aromatic nitrogens is 1. The molecule has 1 aromatic carbocycles. The number of aryl methyl sites for hydroxylation is 1. The Hall–Kier alpha value is -1.87. The zero-order valence-electron chi connectivity index (χ0n) is 12.0. The van der Waals surface area contributed by atoms with Crippen molar-refractivity contribution in [2.24, 2.45) is 0 Å². The zero-order chi connectivity index (χ0) is 13.9. The van der Waals surface area contributed by atoms with Crippen molar-refractivity contribution in [1.82, 2.24) is 10.3 Å². The lowest BCUT2D eigenvalue weighted by Gasteiger charge is -2.20. The van der Waals surface area contributed by atoms with Crippen LogP contribution in [-0.2, 0) is 6.42 Å². The monoisotopic (exact) mass is 268 g/mol. The Kier molecular flexibility index (Phi) is 3.70. The Balaban J connectivity index is 1.71. The van der Waals surface area contributed by atoms with E-state index < -0.39 is 0 Å². The minimum absolute atomic E-state index is 0.305. The Bertz CT molecular complexity index is 580. The van der Waals surface area contributed by atoms with Crippen molar-refractivity contribution in [2.45, 2.75) is 31.8 Å². The molecule has 0 radical (unpaired) electrons. The number of fused-ring (bicyclic) bond motifs is 1. The summed E-state index contributed by atoms with van der Waals surface area (Å²) in [6.45, 7) is 2.20. The molecule has 0 saturated carbocycles. The third-order valence-electron chi connectivity index (χ3n) is 4.03. The highest BCUT2D eigenvalue weighted by Gasteiger charge is 2.24. The number of pyridine rings is 1. The van der Waals surface area contributed by atoms with Gasteiger partial charge in [0.15, 0.2) is 0 Å². The molecule has 0 saturated heterocycles. The van der Waals surface area contributed by atoms with Gasteiger partial charge < -0.3 is 10.1 Å². The summed E-state index contributed by atoms with van der Waals surface area (Å²) < 4.78 is 5.20. The van der Waals surface area contributed by atoms with E-state index in [0.717, 1.165) is 18.6 Å². The van der Waals surface area contributed by atoms with E-state index in [9.17, 15) is 0 Å². The molecule has 3 nitrogen and oxygen atoms in total. The van der Waals surface area contributed by atoms with Gasteiger partial charge in [-0.3, -0.25) is 4.98 Å². The molecule has 1 N–H and O–H groups in total. The molecule has 0 fully saturated rings. The maximum atomic E-state index is 5.20. The van der Waals surface area contributed by atoms with Crippen LogP contribution < -0.4 is 10.1 Å². The van der Waals surface area contributed by atoms with Crippen LogP contribution >= 0.6 is 0 Å². The summed E-state index contributed by atoms with van der Waals surface area (Å²) in [5.41, 5.74) is 3.87. The molecule has 1 heterocycles. The highest BCUT2D eigenvalue weighted by Crippen LogP contribution is 2.31. The Morgan fingerprint density at radius 2 is 2.05 bits per heavy atom. The fraction of sp³-hybridized carbons (Fsp3) is 0.353. The number of nitrogens with zero attached hydrogens (tertiary/aromatic N) is 1. The molecule has 3 rings (SSSR count). The van der Waals surface area contributed by atoms with Crippen LogP contribution in [0.15, 0.2) is 42.6 Å². The molecule has 2 aromatic rings. The number of methoxy groups -OCH3 is 1. The first-order chi connectivity index (χ1) is 9.78. The van der Waals surface area contributed by atoms with Gasteiger partial charge in [-0.15, -0.1) is 0 Å². The lowest BCUT2D eigenvalue weighted by atomic mass is 10.1. The molecule has 1 unspecified atom stereocenters. The fourth-order valence-corrected chi connectivity index (χ4v) is 2.87. The first-order valence-corrected chi connectivity index (χ1v) is 7.11. The maximum Gasteiger partial charge on any atom is 0.118 e. The summed E-state index contributed by atoms with van der Waals surface area (Å²) in [6.07, 6.45) is 4.14. The fourth-order valence-electron chi connectivity index (χ4n) is 2.87. The minimum Gasteiger partial charge on any atom is -0.497 e. The van der Waals surface area contributed by atoms with E-state index in [4.69, 9.17) is 4.74 Å². The number of ether oxygens (including phenoxy) is 1. The summed E-state index contributed by atoms with van der Waals surface area (Å²) in [5.74, 6) is 0.897. The molecule has 2 atom stereocenters. The second-order valence-electron chi connectivity index (χ2n) is 5.30. The van der Waals surface area contributed by atoms with Gasteiger partial charge in [-0.1, -0.05) is 18.2 Å². The average Bonchev–Trinajstić information content (AvgIpc) is 2.91. The largest absolute Gasteiger partial charge is 0.497 e. The van der Waals surface area contributed by atoms with E-state index in [1.165, 1.54) is 16.8 Å². The van der Waals surface area contributed by atoms with Gasteiger partial charge in [-0.05, 0) is 49.1 Å². The third-order valence-corrected chi connectivity index (χ3v) is 4.03. The Morgan fingerprint density at radius 1 is 1.25 bits per heavy atom. The lowest BCUT2D eigenvalue weighted by molar-refractivity contribution is 0.413. The van der Waals surface area contributed by atoms with Crippen LogP contribution in [0.3, 0.4) is 0 Å². The number of rotatable bonds is 4. The number of hydrogen-bond donors (Lipinski definition) is 1. The summed E-state index contributed by atoms with van der Waals surface area (Å²) in [6, 6.07) is 13.1. The first kappa shape index (κ1) is 13.1. The highest BCUT2D eigenvalue weighted by molar-refractivity contribution is 5.31. The smallest absolute Gasteiger partial charge is 0.118 e. The van der Waals surface area contributed by atoms with Gasteiger partial charge in [0.1, 0.15) is 5.75 Å². The van der Waals surface area contributed by atoms with Crippen LogP contribution in [0.25, 0.3) is 0 Å². The summed E-state index contributed by atoms with van der Waals surface area (Å²) >= 11 is 0. The average molecular weight is 268 g/mol. The van der Waals surface area contributed by atoms with E-state index >= 15 is 0 Å². The summed E-state index contributed by atoms with van der Waals surface area (Å²) in [7, 11) is 1.69. The Morgan fingerprint density at radius 3 is 2.80 bits per heavy atom. The van der Waals surface area contributed by atoms with Crippen molar-refractivity contribution in [3.63, 3.8) is 0 Å². The SMILES string of the molecule is COc1ccc([C@@H](C)NC2CCc3cccnc32)cc1. The minimum atomic E-state index is 0.305. The Labute approximate surface area is 120 Å². The van der Waals surface area contributed by atoms with Crippen molar-refractivity contribution < 1.29 is 4.74 Å². The molecule has 1 aliphatic carbocycles. The van der Waals surface area contributed by atoms with Gasteiger partial charge in [0.25, 0.3) is 0 Å². The first-order valence-electron chi connectivity index (χ1n) is 7.11.